The van der Waals surface area contributed by atoms with Crippen LogP contribution in [0, 0.1) is 5.82 Å². The number of benzene rings is 2. The number of halogens is 4. The minimum absolute atomic E-state index is 0.103. The lowest BCUT2D eigenvalue weighted by molar-refractivity contribution is 0.626. The summed E-state index contributed by atoms with van der Waals surface area (Å²) in [5.74, 6) is -0.430. The number of rotatable bonds is 3. The molecule has 1 unspecified atom stereocenters. The van der Waals surface area contributed by atoms with Crippen LogP contribution < -0.4 is 5.73 Å². The van der Waals surface area contributed by atoms with Crippen LogP contribution in [-0.2, 0) is 6.42 Å². The van der Waals surface area contributed by atoms with Crippen molar-refractivity contribution in [2.45, 2.75) is 12.5 Å². The van der Waals surface area contributed by atoms with Crippen LogP contribution in [0.15, 0.2) is 40.9 Å². The number of hydrogen-bond donors (Lipinski definition) is 1. The van der Waals surface area contributed by atoms with Gasteiger partial charge in [-0.1, -0.05) is 51.3 Å². The summed E-state index contributed by atoms with van der Waals surface area (Å²) in [4.78, 5) is 0. The van der Waals surface area contributed by atoms with Crippen molar-refractivity contribution in [3.05, 3.63) is 67.9 Å². The van der Waals surface area contributed by atoms with E-state index in [0.29, 0.717) is 11.4 Å². The Labute approximate surface area is 129 Å². The molecule has 0 fully saturated rings. The average molecular weight is 363 g/mol. The lowest BCUT2D eigenvalue weighted by atomic mass is 10.00. The van der Waals surface area contributed by atoms with Crippen LogP contribution in [0.4, 0.5) is 4.39 Å². The van der Waals surface area contributed by atoms with Gasteiger partial charge in [0.05, 0.1) is 5.02 Å². The Morgan fingerprint density at radius 3 is 2.47 bits per heavy atom. The highest BCUT2D eigenvalue weighted by Gasteiger charge is 2.12. The summed E-state index contributed by atoms with van der Waals surface area (Å²) in [5, 5.41) is 0.710. The summed E-state index contributed by atoms with van der Waals surface area (Å²) in [6.45, 7) is 0. The predicted octanol–water partition coefficient (Wildman–Crippen LogP) is 5.14. The predicted molar refractivity (Wildman–Crippen MR) is 81.2 cm³/mol. The topological polar surface area (TPSA) is 26.0 Å². The third kappa shape index (κ3) is 3.69. The Morgan fingerprint density at radius 1 is 1.11 bits per heavy atom. The lowest BCUT2D eigenvalue weighted by Gasteiger charge is -2.14. The van der Waals surface area contributed by atoms with E-state index in [1.165, 1.54) is 6.07 Å². The normalized spacial score (nSPS) is 12.5. The highest BCUT2D eigenvalue weighted by Crippen LogP contribution is 2.28. The van der Waals surface area contributed by atoms with E-state index in [0.717, 1.165) is 15.6 Å². The molecule has 0 saturated heterocycles. The molecular weight excluding hydrogens is 352 g/mol. The maximum Gasteiger partial charge on any atom is 0.141 e. The molecule has 0 aromatic heterocycles. The first-order chi connectivity index (χ1) is 8.97. The van der Waals surface area contributed by atoms with E-state index in [9.17, 15) is 4.39 Å². The largest absolute Gasteiger partial charge is 0.324 e. The quantitative estimate of drug-likeness (QED) is 0.803. The van der Waals surface area contributed by atoms with Gasteiger partial charge in [-0.3, -0.25) is 0 Å². The molecule has 0 aliphatic rings. The smallest absolute Gasteiger partial charge is 0.141 e. The van der Waals surface area contributed by atoms with Crippen LogP contribution >= 0.6 is 39.1 Å². The third-order valence-corrected chi connectivity index (χ3v) is 3.91. The fraction of sp³-hybridized carbons (Fsp3) is 0.143. The summed E-state index contributed by atoms with van der Waals surface area (Å²) in [7, 11) is 0. The highest BCUT2D eigenvalue weighted by molar-refractivity contribution is 9.10. The van der Waals surface area contributed by atoms with Crippen LogP contribution in [0.25, 0.3) is 0 Å². The minimum atomic E-state index is -0.430. The van der Waals surface area contributed by atoms with Crippen LogP contribution in [0.2, 0.25) is 10.0 Å². The van der Waals surface area contributed by atoms with E-state index < -0.39 is 5.82 Å². The first kappa shape index (κ1) is 14.8. The minimum Gasteiger partial charge on any atom is -0.324 e. The molecule has 1 atom stereocenters. The number of nitrogens with two attached hydrogens (primary N) is 1. The Kier molecular flexibility index (Phi) is 4.85. The Balaban J connectivity index is 2.20. The van der Waals surface area contributed by atoms with Gasteiger partial charge in [-0.15, -0.1) is 0 Å². The molecule has 0 spiro atoms. The van der Waals surface area contributed by atoms with E-state index in [2.05, 4.69) is 15.9 Å². The second-order valence-corrected chi connectivity index (χ2v) is 5.95. The van der Waals surface area contributed by atoms with E-state index in [-0.39, 0.29) is 11.1 Å². The number of hydrogen-bond acceptors (Lipinski definition) is 1. The van der Waals surface area contributed by atoms with Gasteiger partial charge in [0.1, 0.15) is 5.82 Å². The van der Waals surface area contributed by atoms with Crippen molar-refractivity contribution < 1.29 is 4.39 Å². The van der Waals surface area contributed by atoms with Crippen LogP contribution in [0.3, 0.4) is 0 Å². The third-order valence-electron chi connectivity index (χ3n) is 2.80. The molecule has 0 bridgehead atoms. The zero-order valence-corrected chi connectivity index (χ0v) is 12.9. The molecule has 0 aliphatic carbocycles. The molecular formula is C14H11BrCl2FN. The van der Waals surface area contributed by atoms with Crippen molar-refractivity contribution in [3.63, 3.8) is 0 Å². The Bertz CT molecular complexity index is 604. The molecule has 2 aromatic rings. The van der Waals surface area contributed by atoms with Gasteiger partial charge in [0.25, 0.3) is 0 Å². The molecule has 19 heavy (non-hydrogen) atoms. The second-order valence-electron chi connectivity index (χ2n) is 4.22. The van der Waals surface area contributed by atoms with Crippen molar-refractivity contribution in [2.75, 3.05) is 0 Å². The Hall–Kier alpha value is -0.610. The zero-order chi connectivity index (χ0) is 14.0. The Morgan fingerprint density at radius 2 is 1.84 bits per heavy atom. The van der Waals surface area contributed by atoms with Gasteiger partial charge in [0, 0.05) is 15.5 Å². The maximum atomic E-state index is 13.1. The van der Waals surface area contributed by atoms with E-state index in [1.54, 1.807) is 18.2 Å². The van der Waals surface area contributed by atoms with E-state index in [4.69, 9.17) is 28.9 Å². The molecule has 0 amide bonds. The highest BCUT2D eigenvalue weighted by atomic mass is 79.9. The molecule has 0 aliphatic heterocycles. The molecule has 2 aromatic carbocycles. The summed E-state index contributed by atoms with van der Waals surface area (Å²) in [6.07, 6.45) is 0.543. The maximum absolute atomic E-state index is 13.1. The fourth-order valence-electron chi connectivity index (χ4n) is 1.83. The molecule has 0 heterocycles. The van der Waals surface area contributed by atoms with Crippen molar-refractivity contribution in [3.8, 4) is 0 Å². The van der Waals surface area contributed by atoms with E-state index in [1.807, 2.05) is 12.1 Å². The lowest BCUT2D eigenvalue weighted by Crippen LogP contribution is -2.14. The van der Waals surface area contributed by atoms with Gasteiger partial charge in [-0.2, -0.15) is 0 Å². The van der Waals surface area contributed by atoms with Gasteiger partial charge in [0.15, 0.2) is 0 Å². The van der Waals surface area contributed by atoms with Crippen LogP contribution in [0.5, 0.6) is 0 Å². The monoisotopic (exact) mass is 361 g/mol. The summed E-state index contributed by atoms with van der Waals surface area (Å²) in [6, 6.07) is 9.90. The average Bonchev–Trinajstić information content (AvgIpc) is 2.33. The van der Waals surface area contributed by atoms with Crippen molar-refractivity contribution in [1.29, 1.82) is 0 Å². The summed E-state index contributed by atoms with van der Waals surface area (Å²) in [5.41, 5.74) is 7.85. The van der Waals surface area contributed by atoms with Crippen LogP contribution in [-0.4, -0.2) is 0 Å². The van der Waals surface area contributed by atoms with Gasteiger partial charge in [-0.25, -0.2) is 4.39 Å². The first-order valence-electron chi connectivity index (χ1n) is 5.62. The van der Waals surface area contributed by atoms with Gasteiger partial charge in [-0.05, 0) is 41.8 Å². The van der Waals surface area contributed by atoms with Gasteiger partial charge >= 0.3 is 0 Å². The molecule has 2 N–H and O–H groups in total. The SMILES string of the molecule is NC(Cc1ccc(F)c(Cl)c1)c1ccc(Br)cc1Cl. The van der Waals surface area contributed by atoms with Gasteiger partial charge in [0.2, 0.25) is 0 Å². The summed E-state index contributed by atoms with van der Waals surface area (Å²) >= 11 is 15.2. The molecule has 0 saturated carbocycles. The van der Waals surface area contributed by atoms with Crippen molar-refractivity contribution in [1.82, 2.24) is 0 Å². The van der Waals surface area contributed by atoms with E-state index >= 15 is 0 Å². The molecule has 100 valence electrons. The van der Waals surface area contributed by atoms with Crippen molar-refractivity contribution >= 4 is 39.1 Å². The first-order valence-corrected chi connectivity index (χ1v) is 7.16. The summed E-state index contributed by atoms with van der Waals surface area (Å²) < 4.78 is 14.0. The molecule has 5 heteroatoms. The fourth-order valence-corrected chi connectivity index (χ4v) is 2.85. The zero-order valence-electron chi connectivity index (χ0n) is 9.84. The molecule has 2 rings (SSSR count). The standard InChI is InChI=1S/C14H11BrCl2FN/c15-9-2-3-10(11(16)7-9)14(19)6-8-1-4-13(18)12(17)5-8/h1-5,7,14H,6,19H2. The van der Waals surface area contributed by atoms with Crippen molar-refractivity contribution in [2.24, 2.45) is 5.73 Å². The molecule has 0 radical (unpaired) electrons. The van der Waals surface area contributed by atoms with Gasteiger partial charge < -0.3 is 5.73 Å². The van der Waals surface area contributed by atoms with Crippen LogP contribution in [0.1, 0.15) is 17.2 Å². The second kappa shape index (κ2) is 6.23. The molecule has 1 nitrogen and oxygen atoms in total.